The summed E-state index contributed by atoms with van der Waals surface area (Å²) in [4.78, 5) is 6.92. The summed E-state index contributed by atoms with van der Waals surface area (Å²) in [6.45, 7) is 3.06. The molecule has 1 aliphatic heterocycles. The fourth-order valence-electron chi connectivity index (χ4n) is 3.17. The fraction of sp³-hybridized carbons (Fsp3) is 0.588. The highest BCUT2D eigenvalue weighted by Gasteiger charge is 2.37. The van der Waals surface area contributed by atoms with Gasteiger partial charge in [-0.05, 0) is 36.7 Å². The molecule has 0 amide bonds. The van der Waals surface area contributed by atoms with Crippen LogP contribution in [0.3, 0.4) is 0 Å². The number of rotatable bonds is 3. The van der Waals surface area contributed by atoms with E-state index in [1.54, 1.807) is 0 Å². The first-order valence-corrected chi connectivity index (χ1v) is 7.94. The molecule has 0 radical (unpaired) electrons. The Morgan fingerprint density at radius 1 is 1.10 bits per heavy atom. The lowest BCUT2D eigenvalue weighted by molar-refractivity contribution is 0.428. The van der Waals surface area contributed by atoms with Gasteiger partial charge in [0.15, 0.2) is 5.96 Å². The minimum atomic E-state index is 0.697. The number of hydrogen-bond donors (Lipinski definition) is 1. The van der Waals surface area contributed by atoms with Crippen LogP contribution in [0.1, 0.15) is 43.6 Å². The zero-order valence-electron chi connectivity index (χ0n) is 12.2. The van der Waals surface area contributed by atoms with Gasteiger partial charge in [-0.25, -0.2) is 0 Å². The number of nitrogens with zero attached hydrogens (tertiary/aromatic N) is 2. The first-order valence-electron chi connectivity index (χ1n) is 7.94. The second-order valence-corrected chi connectivity index (χ2v) is 6.11. The molecule has 2 unspecified atom stereocenters. The normalized spacial score (nSPS) is 27.2. The van der Waals surface area contributed by atoms with E-state index in [1.807, 2.05) is 0 Å². The number of aliphatic imine (C=N–C) groups is 1. The van der Waals surface area contributed by atoms with Gasteiger partial charge in [0.2, 0.25) is 0 Å². The highest BCUT2D eigenvalue weighted by molar-refractivity contribution is 5.78. The molecule has 0 spiro atoms. The molecule has 3 nitrogen and oxygen atoms in total. The van der Waals surface area contributed by atoms with E-state index in [1.165, 1.54) is 37.7 Å². The Hall–Kier alpha value is -1.51. The molecular formula is C17H25N3. The van der Waals surface area contributed by atoms with Crippen LogP contribution in [0.15, 0.2) is 35.3 Å². The van der Waals surface area contributed by atoms with Crippen LogP contribution in [-0.4, -0.2) is 30.5 Å². The highest BCUT2D eigenvalue weighted by Crippen LogP contribution is 2.47. The van der Waals surface area contributed by atoms with Crippen molar-refractivity contribution in [2.75, 3.05) is 19.6 Å². The molecule has 1 heterocycles. The van der Waals surface area contributed by atoms with E-state index in [0.29, 0.717) is 11.8 Å². The van der Waals surface area contributed by atoms with Crippen LogP contribution in [0.5, 0.6) is 0 Å². The molecule has 2 N–H and O–H groups in total. The quantitative estimate of drug-likeness (QED) is 0.678. The molecular weight excluding hydrogens is 246 g/mol. The van der Waals surface area contributed by atoms with Crippen LogP contribution >= 0.6 is 0 Å². The molecule has 20 heavy (non-hydrogen) atoms. The molecule has 3 rings (SSSR count). The van der Waals surface area contributed by atoms with Gasteiger partial charge in [0.25, 0.3) is 0 Å². The summed E-state index contributed by atoms with van der Waals surface area (Å²) in [6, 6.07) is 10.8. The number of guanidine groups is 1. The highest BCUT2D eigenvalue weighted by atomic mass is 15.2. The number of benzene rings is 1. The predicted octanol–water partition coefficient (Wildman–Crippen LogP) is 2.98. The van der Waals surface area contributed by atoms with E-state index in [9.17, 15) is 0 Å². The molecule has 108 valence electrons. The lowest BCUT2D eigenvalue weighted by Crippen LogP contribution is -2.38. The summed E-state index contributed by atoms with van der Waals surface area (Å²) < 4.78 is 0. The van der Waals surface area contributed by atoms with Gasteiger partial charge in [-0.2, -0.15) is 0 Å². The summed E-state index contributed by atoms with van der Waals surface area (Å²) in [7, 11) is 0. The van der Waals surface area contributed by atoms with Crippen LogP contribution in [0.4, 0.5) is 0 Å². The maximum absolute atomic E-state index is 6.15. The summed E-state index contributed by atoms with van der Waals surface area (Å²) >= 11 is 0. The summed E-state index contributed by atoms with van der Waals surface area (Å²) in [5.41, 5.74) is 7.61. The Labute approximate surface area is 121 Å². The molecule has 3 heteroatoms. The molecule has 2 atom stereocenters. The van der Waals surface area contributed by atoms with E-state index in [2.05, 4.69) is 40.2 Å². The first-order chi connectivity index (χ1) is 9.84. The third-order valence-electron chi connectivity index (χ3n) is 4.57. The van der Waals surface area contributed by atoms with Crippen molar-refractivity contribution in [2.45, 2.75) is 38.0 Å². The topological polar surface area (TPSA) is 41.6 Å². The molecule has 2 aliphatic rings. The van der Waals surface area contributed by atoms with Gasteiger partial charge in [-0.3, -0.25) is 4.99 Å². The largest absolute Gasteiger partial charge is 0.370 e. The van der Waals surface area contributed by atoms with Gasteiger partial charge >= 0.3 is 0 Å². The van der Waals surface area contributed by atoms with Crippen molar-refractivity contribution in [2.24, 2.45) is 16.6 Å². The van der Waals surface area contributed by atoms with Crippen molar-refractivity contribution >= 4 is 5.96 Å². The Bertz CT molecular complexity index is 447. The SMILES string of the molecule is NC(=NCC1CC1c1ccccc1)N1CCCCCC1. The van der Waals surface area contributed by atoms with Crippen molar-refractivity contribution < 1.29 is 0 Å². The Morgan fingerprint density at radius 2 is 1.80 bits per heavy atom. The zero-order valence-corrected chi connectivity index (χ0v) is 12.2. The molecule has 1 aliphatic carbocycles. The van der Waals surface area contributed by atoms with E-state index in [-0.39, 0.29) is 0 Å². The Morgan fingerprint density at radius 3 is 2.50 bits per heavy atom. The number of likely N-dealkylation sites (tertiary alicyclic amines) is 1. The molecule has 2 fully saturated rings. The Balaban J connectivity index is 1.51. The molecule has 1 saturated carbocycles. The third-order valence-corrected chi connectivity index (χ3v) is 4.57. The van der Waals surface area contributed by atoms with Crippen molar-refractivity contribution in [1.82, 2.24) is 4.90 Å². The van der Waals surface area contributed by atoms with Crippen molar-refractivity contribution in [3.05, 3.63) is 35.9 Å². The average Bonchev–Trinajstić information content (AvgIpc) is 3.29. The molecule has 1 aromatic rings. The number of nitrogens with two attached hydrogens (primary N) is 1. The average molecular weight is 271 g/mol. The van der Waals surface area contributed by atoms with Crippen molar-refractivity contribution in [1.29, 1.82) is 0 Å². The van der Waals surface area contributed by atoms with E-state index in [4.69, 9.17) is 5.73 Å². The molecule has 1 aromatic carbocycles. The lowest BCUT2D eigenvalue weighted by atomic mass is 10.1. The monoisotopic (exact) mass is 271 g/mol. The van der Waals surface area contributed by atoms with E-state index < -0.39 is 0 Å². The van der Waals surface area contributed by atoms with Gasteiger partial charge in [0.05, 0.1) is 0 Å². The zero-order chi connectivity index (χ0) is 13.8. The second-order valence-electron chi connectivity index (χ2n) is 6.11. The molecule has 0 aromatic heterocycles. The van der Waals surface area contributed by atoms with Gasteiger partial charge in [0, 0.05) is 19.6 Å². The summed E-state index contributed by atoms with van der Waals surface area (Å²) in [5, 5.41) is 0. The molecule has 0 bridgehead atoms. The third kappa shape index (κ3) is 3.33. The van der Waals surface area contributed by atoms with Gasteiger partial charge in [-0.15, -0.1) is 0 Å². The minimum Gasteiger partial charge on any atom is -0.370 e. The Kier molecular flexibility index (Phi) is 4.24. The van der Waals surface area contributed by atoms with E-state index in [0.717, 1.165) is 25.6 Å². The van der Waals surface area contributed by atoms with Crippen LogP contribution in [0.25, 0.3) is 0 Å². The predicted molar refractivity (Wildman–Crippen MR) is 83.8 cm³/mol. The fourth-order valence-corrected chi connectivity index (χ4v) is 3.17. The molecule has 1 saturated heterocycles. The summed E-state index contributed by atoms with van der Waals surface area (Å²) in [5.74, 6) is 2.17. The maximum Gasteiger partial charge on any atom is 0.191 e. The van der Waals surface area contributed by atoms with Crippen molar-refractivity contribution in [3.8, 4) is 0 Å². The van der Waals surface area contributed by atoms with Crippen LogP contribution in [-0.2, 0) is 0 Å². The number of hydrogen-bond acceptors (Lipinski definition) is 1. The van der Waals surface area contributed by atoms with Gasteiger partial charge in [0.1, 0.15) is 0 Å². The van der Waals surface area contributed by atoms with Crippen LogP contribution in [0.2, 0.25) is 0 Å². The van der Waals surface area contributed by atoms with Crippen LogP contribution in [0, 0.1) is 5.92 Å². The second kappa shape index (κ2) is 6.29. The van der Waals surface area contributed by atoms with Gasteiger partial charge < -0.3 is 10.6 Å². The lowest BCUT2D eigenvalue weighted by Gasteiger charge is -2.21. The van der Waals surface area contributed by atoms with Gasteiger partial charge in [-0.1, -0.05) is 43.2 Å². The maximum atomic E-state index is 6.15. The van der Waals surface area contributed by atoms with E-state index >= 15 is 0 Å². The smallest absolute Gasteiger partial charge is 0.191 e. The minimum absolute atomic E-state index is 0.697. The first kappa shape index (κ1) is 13.5. The summed E-state index contributed by atoms with van der Waals surface area (Å²) in [6.07, 6.45) is 6.45. The van der Waals surface area contributed by atoms with Crippen LogP contribution < -0.4 is 5.73 Å². The van der Waals surface area contributed by atoms with Crippen molar-refractivity contribution in [3.63, 3.8) is 0 Å². The standard InChI is InChI=1S/C17H25N3/c18-17(20-10-6-1-2-7-11-20)19-13-15-12-16(15)14-8-4-3-5-9-14/h3-5,8-9,15-16H,1-2,6-7,10-13H2,(H2,18,19).